The first kappa shape index (κ1) is 14.6. The van der Waals surface area contributed by atoms with E-state index >= 15 is 0 Å². The number of nitrogens with two attached hydrogens (primary N) is 1. The quantitative estimate of drug-likeness (QED) is 0.834. The predicted molar refractivity (Wildman–Crippen MR) is 77.7 cm³/mol. The summed E-state index contributed by atoms with van der Waals surface area (Å²) in [5.41, 5.74) is 6.04. The molecule has 0 amide bonds. The number of hydrogen-bond donors (Lipinski definition) is 1. The maximum atomic E-state index is 6.04. The Labute approximate surface area is 120 Å². The zero-order valence-corrected chi connectivity index (χ0v) is 11.9. The normalized spacial score (nSPS) is 20.4. The monoisotopic (exact) mass is 283 g/mol. The molecule has 106 valence electrons. The number of hydrogen-bond acceptors (Lipinski definition) is 3. The fourth-order valence-electron chi connectivity index (χ4n) is 2.30. The summed E-state index contributed by atoms with van der Waals surface area (Å²) in [4.78, 5) is 0. The average molecular weight is 284 g/mol. The van der Waals surface area contributed by atoms with Crippen molar-refractivity contribution in [2.24, 2.45) is 5.73 Å². The molecular weight excluding hydrogens is 262 g/mol. The molecule has 0 aliphatic carbocycles. The average Bonchev–Trinajstić information content (AvgIpc) is 2.91. The van der Waals surface area contributed by atoms with Gasteiger partial charge < -0.3 is 15.2 Å². The molecule has 0 aromatic heterocycles. The van der Waals surface area contributed by atoms with Gasteiger partial charge in [-0.05, 0) is 56.4 Å². The number of rotatable bonds is 7. The summed E-state index contributed by atoms with van der Waals surface area (Å²) in [7, 11) is 0. The van der Waals surface area contributed by atoms with E-state index in [2.05, 4.69) is 0 Å². The van der Waals surface area contributed by atoms with E-state index in [0.717, 1.165) is 31.6 Å². The summed E-state index contributed by atoms with van der Waals surface area (Å²) in [6.45, 7) is 1.48. The molecule has 0 spiro atoms. The minimum Gasteiger partial charge on any atom is -0.492 e. The fraction of sp³-hybridized carbons (Fsp3) is 0.600. The predicted octanol–water partition coefficient (Wildman–Crippen LogP) is 3.40. The Morgan fingerprint density at radius 2 is 2.16 bits per heavy atom. The Morgan fingerprint density at radius 3 is 2.84 bits per heavy atom. The van der Waals surface area contributed by atoms with Crippen LogP contribution in [0, 0.1) is 0 Å². The lowest BCUT2D eigenvalue weighted by atomic mass is 10.1. The summed E-state index contributed by atoms with van der Waals surface area (Å²) in [5, 5.41) is 0.716. The minimum absolute atomic E-state index is 0.0806. The van der Waals surface area contributed by atoms with Gasteiger partial charge in [0.05, 0.1) is 6.10 Å². The lowest BCUT2D eigenvalue weighted by molar-refractivity contribution is 0.101. The number of halogens is 1. The van der Waals surface area contributed by atoms with Crippen molar-refractivity contribution in [3.8, 4) is 5.75 Å². The first-order valence-electron chi connectivity index (χ1n) is 6.99. The van der Waals surface area contributed by atoms with Gasteiger partial charge >= 0.3 is 0 Å². The highest BCUT2D eigenvalue weighted by molar-refractivity contribution is 6.30. The van der Waals surface area contributed by atoms with Crippen LogP contribution in [0.15, 0.2) is 24.3 Å². The maximum Gasteiger partial charge on any atom is 0.119 e. The first-order chi connectivity index (χ1) is 9.24. The van der Waals surface area contributed by atoms with Crippen molar-refractivity contribution in [1.29, 1.82) is 0 Å². The molecule has 1 heterocycles. The molecule has 19 heavy (non-hydrogen) atoms. The molecule has 2 rings (SSSR count). The Kier molecular flexibility index (Phi) is 5.95. The number of ether oxygens (including phenoxy) is 2. The Bertz CT molecular complexity index is 363. The topological polar surface area (TPSA) is 44.5 Å². The zero-order chi connectivity index (χ0) is 13.5. The molecule has 1 aromatic rings. The molecule has 2 N–H and O–H groups in total. The second-order valence-corrected chi connectivity index (χ2v) is 5.53. The third-order valence-electron chi connectivity index (χ3n) is 3.40. The van der Waals surface area contributed by atoms with E-state index < -0.39 is 0 Å². The summed E-state index contributed by atoms with van der Waals surface area (Å²) < 4.78 is 11.2. The van der Waals surface area contributed by atoms with Crippen LogP contribution in [0.4, 0.5) is 0 Å². The molecule has 1 saturated heterocycles. The summed E-state index contributed by atoms with van der Waals surface area (Å²) in [5.74, 6) is 0.818. The van der Waals surface area contributed by atoms with Gasteiger partial charge in [-0.2, -0.15) is 0 Å². The van der Waals surface area contributed by atoms with Crippen LogP contribution in [0.25, 0.3) is 0 Å². The molecule has 3 nitrogen and oxygen atoms in total. The minimum atomic E-state index is 0.0806. The van der Waals surface area contributed by atoms with Crippen LogP contribution < -0.4 is 10.5 Å². The van der Waals surface area contributed by atoms with Gasteiger partial charge in [0.2, 0.25) is 0 Å². The van der Waals surface area contributed by atoms with Gasteiger partial charge in [0, 0.05) is 17.7 Å². The van der Waals surface area contributed by atoms with Crippen molar-refractivity contribution in [2.75, 3.05) is 13.2 Å². The Balaban J connectivity index is 1.58. The molecule has 1 fully saturated rings. The third-order valence-corrected chi connectivity index (χ3v) is 3.65. The van der Waals surface area contributed by atoms with E-state index in [1.54, 1.807) is 0 Å². The fourth-order valence-corrected chi connectivity index (χ4v) is 2.42. The maximum absolute atomic E-state index is 6.04. The van der Waals surface area contributed by atoms with Gasteiger partial charge in [0.15, 0.2) is 0 Å². The van der Waals surface area contributed by atoms with Gasteiger partial charge in [-0.3, -0.25) is 0 Å². The second-order valence-electron chi connectivity index (χ2n) is 5.09. The molecule has 2 atom stereocenters. The Morgan fingerprint density at radius 1 is 1.37 bits per heavy atom. The lowest BCUT2D eigenvalue weighted by Crippen LogP contribution is -2.28. The van der Waals surface area contributed by atoms with Gasteiger partial charge in [-0.15, -0.1) is 0 Å². The van der Waals surface area contributed by atoms with E-state index in [9.17, 15) is 0 Å². The van der Waals surface area contributed by atoms with Crippen molar-refractivity contribution in [3.63, 3.8) is 0 Å². The highest BCUT2D eigenvalue weighted by atomic mass is 35.5. The van der Waals surface area contributed by atoms with Crippen molar-refractivity contribution < 1.29 is 9.47 Å². The van der Waals surface area contributed by atoms with Crippen molar-refractivity contribution in [3.05, 3.63) is 29.3 Å². The van der Waals surface area contributed by atoms with Gasteiger partial charge in [0.1, 0.15) is 12.4 Å². The molecule has 0 bridgehead atoms. The van der Waals surface area contributed by atoms with E-state index in [0.29, 0.717) is 17.7 Å². The highest BCUT2D eigenvalue weighted by Crippen LogP contribution is 2.19. The zero-order valence-electron chi connectivity index (χ0n) is 11.2. The van der Waals surface area contributed by atoms with Gasteiger partial charge in [0.25, 0.3) is 0 Å². The van der Waals surface area contributed by atoms with Crippen LogP contribution in [0.2, 0.25) is 5.02 Å². The molecule has 4 heteroatoms. The van der Waals surface area contributed by atoms with E-state index in [1.165, 1.54) is 12.8 Å². The van der Waals surface area contributed by atoms with Crippen LogP contribution in [0.3, 0.4) is 0 Å². The van der Waals surface area contributed by atoms with E-state index in [1.807, 2.05) is 24.3 Å². The molecular formula is C15H22ClNO2. The smallest absolute Gasteiger partial charge is 0.119 e. The van der Waals surface area contributed by atoms with Crippen LogP contribution in [0.1, 0.15) is 32.1 Å². The molecule has 1 aromatic carbocycles. The lowest BCUT2D eigenvalue weighted by Gasteiger charge is -2.14. The van der Waals surface area contributed by atoms with E-state index in [4.69, 9.17) is 26.8 Å². The van der Waals surface area contributed by atoms with Crippen molar-refractivity contribution in [2.45, 2.75) is 44.2 Å². The van der Waals surface area contributed by atoms with Crippen LogP contribution in [-0.4, -0.2) is 25.4 Å². The summed E-state index contributed by atoms with van der Waals surface area (Å²) in [6, 6.07) is 7.44. The van der Waals surface area contributed by atoms with Gasteiger partial charge in [-0.25, -0.2) is 0 Å². The molecule has 0 saturated carbocycles. The second kappa shape index (κ2) is 7.73. The molecule has 1 aliphatic rings. The highest BCUT2D eigenvalue weighted by Gasteiger charge is 2.15. The molecule has 1 aliphatic heterocycles. The van der Waals surface area contributed by atoms with Crippen LogP contribution >= 0.6 is 11.6 Å². The van der Waals surface area contributed by atoms with Crippen molar-refractivity contribution in [1.82, 2.24) is 0 Å². The largest absolute Gasteiger partial charge is 0.492 e. The molecule has 2 unspecified atom stereocenters. The molecule has 0 radical (unpaired) electrons. The Hall–Kier alpha value is -0.770. The summed E-state index contributed by atoms with van der Waals surface area (Å²) >= 11 is 5.81. The number of benzene rings is 1. The van der Waals surface area contributed by atoms with Gasteiger partial charge in [-0.1, -0.05) is 11.6 Å². The first-order valence-corrected chi connectivity index (χ1v) is 7.37. The van der Waals surface area contributed by atoms with Crippen LogP contribution in [-0.2, 0) is 4.74 Å². The third kappa shape index (κ3) is 5.39. The van der Waals surface area contributed by atoms with Crippen molar-refractivity contribution >= 4 is 11.6 Å². The van der Waals surface area contributed by atoms with Crippen LogP contribution in [0.5, 0.6) is 5.75 Å². The van der Waals surface area contributed by atoms with E-state index in [-0.39, 0.29) is 6.04 Å². The standard InChI is InChI=1S/C15H22ClNO2/c16-12-6-8-15(9-7-12)19-11-13(17)3-1-4-14-5-2-10-18-14/h6-9,13-14H,1-5,10-11,17H2. The SMILES string of the molecule is NC(CCCC1CCCO1)COc1ccc(Cl)cc1. The summed E-state index contributed by atoms with van der Waals surface area (Å²) in [6.07, 6.45) is 6.08.